The molecule has 1 heterocycles. The fourth-order valence-electron chi connectivity index (χ4n) is 2.48. The molecule has 1 N–H and O–H groups in total. The van der Waals surface area contributed by atoms with Crippen LogP contribution in [0.5, 0.6) is 0 Å². The Kier molecular flexibility index (Phi) is 4.66. The minimum atomic E-state index is -0.241. The van der Waals surface area contributed by atoms with Gasteiger partial charge in [-0.25, -0.2) is 4.39 Å². The molecule has 2 nitrogen and oxygen atoms in total. The van der Waals surface area contributed by atoms with E-state index in [0.29, 0.717) is 12.1 Å². The van der Waals surface area contributed by atoms with Gasteiger partial charge in [0.2, 0.25) is 0 Å². The molecule has 1 aliphatic heterocycles. The molecule has 1 aliphatic rings. The molecule has 0 fully saturated rings. The van der Waals surface area contributed by atoms with Crippen molar-refractivity contribution in [2.45, 2.75) is 19.0 Å². The molecular formula is C18H16ClFN2. The van der Waals surface area contributed by atoms with Crippen molar-refractivity contribution < 1.29 is 4.39 Å². The minimum Gasteiger partial charge on any atom is -0.304 e. The topological polar surface area (TPSA) is 24.4 Å². The second kappa shape index (κ2) is 6.86. The van der Waals surface area contributed by atoms with Crippen LogP contribution in [0.1, 0.15) is 17.5 Å². The Morgan fingerprint density at radius 3 is 2.68 bits per heavy atom. The molecule has 0 spiro atoms. The Hall–Kier alpha value is -1.97. The summed E-state index contributed by atoms with van der Waals surface area (Å²) in [6.07, 6.45) is 4.52. The third-order valence-electron chi connectivity index (χ3n) is 3.64. The van der Waals surface area contributed by atoms with E-state index in [2.05, 4.69) is 10.3 Å². The molecule has 0 aliphatic carbocycles. The molecule has 0 bridgehead atoms. The van der Waals surface area contributed by atoms with Crippen molar-refractivity contribution in [3.63, 3.8) is 0 Å². The highest BCUT2D eigenvalue weighted by Crippen LogP contribution is 2.17. The molecule has 4 heteroatoms. The van der Waals surface area contributed by atoms with Gasteiger partial charge in [-0.2, -0.15) is 0 Å². The van der Waals surface area contributed by atoms with E-state index < -0.39 is 0 Å². The maximum Gasteiger partial charge on any atom is 0.132 e. The summed E-state index contributed by atoms with van der Waals surface area (Å²) in [5, 5.41) is 4.16. The Balaban J connectivity index is 1.75. The average Bonchev–Trinajstić information content (AvgIpc) is 2.55. The maximum absolute atomic E-state index is 14.0. The highest BCUT2D eigenvalue weighted by atomic mass is 35.5. The maximum atomic E-state index is 14.0. The first-order valence-corrected chi connectivity index (χ1v) is 7.57. The number of hydrogen-bond donors (Lipinski definition) is 1. The number of nitrogens with one attached hydrogen (secondary N) is 1. The summed E-state index contributed by atoms with van der Waals surface area (Å²) in [5.41, 5.74) is 2.43. The van der Waals surface area contributed by atoms with Gasteiger partial charge < -0.3 is 5.32 Å². The van der Waals surface area contributed by atoms with E-state index in [-0.39, 0.29) is 11.9 Å². The largest absolute Gasteiger partial charge is 0.304 e. The summed E-state index contributed by atoms with van der Waals surface area (Å²) < 4.78 is 14.0. The van der Waals surface area contributed by atoms with Crippen LogP contribution in [-0.4, -0.2) is 11.8 Å². The lowest BCUT2D eigenvalue weighted by Crippen LogP contribution is -2.38. The lowest BCUT2D eigenvalue weighted by molar-refractivity contribution is 0.603. The van der Waals surface area contributed by atoms with Crippen molar-refractivity contribution in [3.8, 4) is 0 Å². The number of nitrogens with zero attached hydrogens (tertiary/aromatic N) is 1. The molecule has 0 saturated heterocycles. The summed E-state index contributed by atoms with van der Waals surface area (Å²) in [6, 6.07) is 14.4. The van der Waals surface area contributed by atoms with Gasteiger partial charge in [0, 0.05) is 23.3 Å². The predicted molar refractivity (Wildman–Crippen MR) is 88.8 cm³/mol. The quantitative estimate of drug-likeness (QED) is 0.891. The number of aliphatic imine (C=N–C) groups is 1. The third kappa shape index (κ3) is 3.43. The van der Waals surface area contributed by atoms with Crippen LogP contribution in [0.25, 0.3) is 0 Å². The van der Waals surface area contributed by atoms with Gasteiger partial charge in [0.05, 0.1) is 11.8 Å². The molecule has 112 valence electrons. The predicted octanol–water partition coefficient (Wildman–Crippen LogP) is 4.34. The smallest absolute Gasteiger partial charge is 0.132 e. The number of benzene rings is 2. The van der Waals surface area contributed by atoms with Crippen LogP contribution in [0, 0.1) is 5.82 Å². The molecule has 0 radical (unpaired) electrons. The van der Waals surface area contributed by atoms with Crippen LogP contribution in [-0.2, 0) is 6.54 Å². The van der Waals surface area contributed by atoms with E-state index in [1.807, 2.05) is 36.4 Å². The zero-order valence-corrected chi connectivity index (χ0v) is 12.7. The summed E-state index contributed by atoms with van der Waals surface area (Å²) in [4.78, 5) is 4.38. The van der Waals surface area contributed by atoms with Crippen molar-refractivity contribution in [2.75, 3.05) is 0 Å². The lowest BCUT2D eigenvalue weighted by atomic mass is 9.98. The monoisotopic (exact) mass is 314 g/mol. The molecule has 0 aromatic heterocycles. The molecule has 0 saturated carbocycles. The standard InChI is InChI=1S/C18H16ClFN2/c19-14-9-7-13(8-10-14)12-22-17-6-3-11-21-18(17)15-4-1-2-5-16(15)20/h1-5,7-11,17,22H,6,12H2. The van der Waals surface area contributed by atoms with Gasteiger partial charge in [-0.3, -0.25) is 4.99 Å². The molecule has 1 unspecified atom stereocenters. The van der Waals surface area contributed by atoms with E-state index >= 15 is 0 Å². The van der Waals surface area contributed by atoms with Gasteiger partial charge in [-0.15, -0.1) is 0 Å². The normalized spacial score (nSPS) is 17.4. The van der Waals surface area contributed by atoms with Gasteiger partial charge in [-0.1, -0.05) is 48.0 Å². The van der Waals surface area contributed by atoms with E-state index in [1.54, 1.807) is 18.3 Å². The number of hydrogen-bond acceptors (Lipinski definition) is 2. The fraction of sp³-hybridized carbons (Fsp3) is 0.167. The Bertz CT molecular complexity index is 707. The van der Waals surface area contributed by atoms with Gasteiger partial charge in [0.25, 0.3) is 0 Å². The molecule has 2 aromatic carbocycles. The SMILES string of the molecule is Fc1ccccc1C1=NC=CCC1NCc1ccc(Cl)cc1. The van der Waals surface area contributed by atoms with Crippen LogP contribution >= 0.6 is 11.6 Å². The minimum absolute atomic E-state index is 0.00224. The lowest BCUT2D eigenvalue weighted by Gasteiger charge is -2.22. The number of rotatable bonds is 4. The molecular weight excluding hydrogens is 299 g/mol. The highest BCUT2D eigenvalue weighted by Gasteiger charge is 2.20. The summed E-state index contributed by atoms with van der Waals surface area (Å²) in [6.45, 7) is 0.684. The van der Waals surface area contributed by atoms with Gasteiger partial charge in [-0.05, 0) is 30.2 Å². The third-order valence-corrected chi connectivity index (χ3v) is 3.89. The van der Waals surface area contributed by atoms with Gasteiger partial charge in [0.1, 0.15) is 5.82 Å². The molecule has 22 heavy (non-hydrogen) atoms. The molecule has 3 rings (SSSR count). The Morgan fingerprint density at radius 1 is 1.14 bits per heavy atom. The van der Waals surface area contributed by atoms with Crippen molar-refractivity contribution in [3.05, 3.63) is 82.8 Å². The first-order valence-electron chi connectivity index (χ1n) is 7.19. The zero-order chi connectivity index (χ0) is 15.4. The van der Waals surface area contributed by atoms with Crippen LogP contribution in [0.2, 0.25) is 5.02 Å². The molecule has 0 amide bonds. The molecule has 1 atom stereocenters. The summed E-state index contributed by atoms with van der Waals surface area (Å²) >= 11 is 5.89. The van der Waals surface area contributed by atoms with E-state index in [0.717, 1.165) is 22.7 Å². The first kappa shape index (κ1) is 14.9. The highest BCUT2D eigenvalue weighted by molar-refractivity contribution is 6.30. The average molecular weight is 315 g/mol. The second-order valence-corrected chi connectivity index (χ2v) is 5.61. The van der Waals surface area contributed by atoms with Gasteiger partial charge >= 0.3 is 0 Å². The molecule has 2 aromatic rings. The number of halogens is 2. The first-order chi connectivity index (χ1) is 10.7. The Labute approximate surface area is 134 Å². The Morgan fingerprint density at radius 2 is 1.91 bits per heavy atom. The van der Waals surface area contributed by atoms with Crippen molar-refractivity contribution in [1.82, 2.24) is 5.32 Å². The van der Waals surface area contributed by atoms with Gasteiger partial charge in [0.15, 0.2) is 0 Å². The van der Waals surface area contributed by atoms with Crippen LogP contribution < -0.4 is 5.32 Å². The summed E-state index contributed by atoms with van der Waals surface area (Å²) in [7, 11) is 0. The second-order valence-electron chi connectivity index (χ2n) is 5.17. The van der Waals surface area contributed by atoms with Crippen LogP contribution in [0.3, 0.4) is 0 Å². The van der Waals surface area contributed by atoms with Crippen LogP contribution in [0.15, 0.2) is 65.8 Å². The van der Waals surface area contributed by atoms with Crippen LogP contribution in [0.4, 0.5) is 4.39 Å². The summed E-state index contributed by atoms with van der Waals surface area (Å²) in [5.74, 6) is -0.241. The van der Waals surface area contributed by atoms with E-state index in [4.69, 9.17) is 11.6 Å². The van der Waals surface area contributed by atoms with E-state index in [9.17, 15) is 4.39 Å². The van der Waals surface area contributed by atoms with Crippen molar-refractivity contribution >= 4 is 17.3 Å². The fourth-order valence-corrected chi connectivity index (χ4v) is 2.61. The van der Waals surface area contributed by atoms with E-state index in [1.165, 1.54) is 6.07 Å². The van der Waals surface area contributed by atoms with Crippen molar-refractivity contribution in [1.29, 1.82) is 0 Å². The zero-order valence-electron chi connectivity index (χ0n) is 12.0. The van der Waals surface area contributed by atoms with Crippen molar-refractivity contribution in [2.24, 2.45) is 4.99 Å².